The Morgan fingerprint density at radius 1 is 1.28 bits per heavy atom. The van der Waals surface area contributed by atoms with Crippen molar-refractivity contribution in [2.24, 2.45) is 11.8 Å². The lowest BCUT2D eigenvalue weighted by Crippen LogP contribution is -2.55. The summed E-state index contributed by atoms with van der Waals surface area (Å²) >= 11 is 0. The second-order valence-electron chi connectivity index (χ2n) is 7.21. The molecule has 3 saturated heterocycles. The minimum atomic E-state index is 0.0551. The average molecular weight is 334 g/mol. The standard InChI is InChI=1S/C22H26N2O/c1-3-13-25-22(19-9-11-23-20-8-6-5-7-18(19)20)21-14-17-10-12-24(21)15-16(17)4-2/h3-9,11,16-17,21-22H,1-2,10,12-15H2/t16-,17-,21-,22+/m0/s1. The molecule has 130 valence electrons. The van der Waals surface area contributed by atoms with Gasteiger partial charge in [0.1, 0.15) is 0 Å². The van der Waals surface area contributed by atoms with Gasteiger partial charge in [0.05, 0.1) is 18.2 Å². The van der Waals surface area contributed by atoms with E-state index < -0.39 is 0 Å². The molecule has 0 spiro atoms. The first kappa shape index (κ1) is 16.5. The predicted octanol–water partition coefficient (Wildman–Crippen LogP) is 4.37. The molecule has 4 heterocycles. The van der Waals surface area contributed by atoms with Crippen molar-refractivity contribution >= 4 is 10.9 Å². The van der Waals surface area contributed by atoms with E-state index in [9.17, 15) is 0 Å². The third kappa shape index (κ3) is 3.03. The van der Waals surface area contributed by atoms with E-state index in [0.29, 0.717) is 18.6 Å². The molecule has 2 bridgehead atoms. The number of hydrogen-bond acceptors (Lipinski definition) is 3. The molecule has 1 aromatic carbocycles. The number of benzene rings is 1. The Hall–Kier alpha value is -1.97. The van der Waals surface area contributed by atoms with Gasteiger partial charge < -0.3 is 4.74 Å². The number of hydrogen-bond donors (Lipinski definition) is 0. The summed E-state index contributed by atoms with van der Waals surface area (Å²) < 4.78 is 6.33. The fraction of sp³-hybridized carbons (Fsp3) is 0.409. The number of pyridine rings is 1. The molecule has 5 atom stereocenters. The second-order valence-corrected chi connectivity index (χ2v) is 7.21. The van der Waals surface area contributed by atoms with Crippen molar-refractivity contribution in [3.8, 4) is 0 Å². The number of para-hydroxylation sites is 1. The van der Waals surface area contributed by atoms with Crippen molar-refractivity contribution in [2.75, 3.05) is 19.7 Å². The lowest BCUT2D eigenvalue weighted by Gasteiger charge is -2.51. The van der Waals surface area contributed by atoms with Crippen molar-refractivity contribution in [3.05, 3.63) is 67.4 Å². The van der Waals surface area contributed by atoms with Gasteiger partial charge in [-0.3, -0.25) is 9.88 Å². The lowest BCUT2D eigenvalue weighted by atomic mass is 9.73. The highest BCUT2D eigenvalue weighted by molar-refractivity contribution is 5.82. The van der Waals surface area contributed by atoms with E-state index in [1.165, 1.54) is 23.8 Å². The number of piperidine rings is 3. The topological polar surface area (TPSA) is 25.4 Å². The molecule has 5 rings (SSSR count). The van der Waals surface area contributed by atoms with Crippen LogP contribution >= 0.6 is 0 Å². The van der Waals surface area contributed by atoms with Crippen molar-refractivity contribution in [2.45, 2.75) is 25.0 Å². The summed E-state index contributed by atoms with van der Waals surface area (Å²) in [4.78, 5) is 7.13. The van der Waals surface area contributed by atoms with Gasteiger partial charge in [0, 0.05) is 24.2 Å². The summed E-state index contributed by atoms with van der Waals surface area (Å²) in [6.07, 6.45) is 8.41. The van der Waals surface area contributed by atoms with E-state index in [2.05, 4.69) is 53.4 Å². The zero-order valence-corrected chi connectivity index (χ0v) is 14.7. The molecule has 0 saturated carbocycles. The molecule has 0 amide bonds. The van der Waals surface area contributed by atoms with E-state index in [0.717, 1.165) is 24.5 Å². The van der Waals surface area contributed by atoms with Crippen LogP contribution in [0.15, 0.2) is 61.8 Å². The van der Waals surface area contributed by atoms with E-state index in [-0.39, 0.29) is 6.10 Å². The van der Waals surface area contributed by atoms with E-state index in [1.807, 2.05) is 18.3 Å². The van der Waals surface area contributed by atoms with E-state index in [1.54, 1.807) is 0 Å². The maximum atomic E-state index is 6.33. The summed E-state index contributed by atoms with van der Waals surface area (Å²) in [5.74, 6) is 1.36. The van der Waals surface area contributed by atoms with Crippen LogP contribution in [0.5, 0.6) is 0 Å². The molecule has 2 aromatic rings. The third-order valence-corrected chi connectivity index (χ3v) is 5.89. The Morgan fingerprint density at radius 2 is 2.16 bits per heavy atom. The Kier molecular flexibility index (Phi) is 4.69. The molecule has 0 aliphatic carbocycles. The fourth-order valence-corrected chi connectivity index (χ4v) is 4.64. The minimum Gasteiger partial charge on any atom is -0.368 e. The normalized spacial score (nSPS) is 29.4. The SMILES string of the molecule is C=CCO[C@H](c1ccnc2ccccc12)[C@@H]1C[C@@H]2CCN1C[C@@H]2C=C. The van der Waals surface area contributed by atoms with Crippen LogP contribution in [0.3, 0.4) is 0 Å². The molecular weight excluding hydrogens is 308 g/mol. The van der Waals surface area contributed by atoms with Crippen LogP contribution in [0.25, 0.3) is 10.9 Å². The fourth-order valence-electron chi connectivity index (χ4n) is 4.64. The van der Waals surface area contributed by atoms with Gasteiger partial charge in [0.2, 0.25) is 0 Å². The van der Waals surface area contributed by atoms with Gasteiger partial charge in [-0.2, -0.15) is 0 Å². The monoisotopic (exact) mass is 334 g/mol. The maximum Gasteiger partial charge on any atom is 0.0991 e. The first-order valence-electron chi connectivity index (χ1n) is 9.24. The first-order valence-corrected chi connectivity index (χ1v) is 9.24. The number of fused-ring (bicyclic) bond motifs is 4. The van der Waals surface area contributed by atoms with Gasteiger partial charge in [-0.1, -0.05) is 30.4 Å². The molecule has 1 unspecified atom stereocenters. The highest BCUT2D eigenvalue weighted by Crippen LogP contribution is 2.43. The first-order chi connectivity index (χ1) is 12.3. The van der Waals surface area contributed by atoms with Crippen molar-refractivity contribution in [1.29, 1.82) is 0 Å². The second kappa shape index (κ2) is 7.11. The highest BCUT2D eigenvalue weighted by Gasteiger charge is 2.43. The smallest absolute Gasteiger partial charge is 0.0991 e. The Morgan fingerprint density at radius 3 is 2.92 bits per heavy atom. The molecule has 3 aliphatic rings. The lowest BCUT2D eigenvalue weighted by molar-refractivity contribution is -0.0683. The summed E-state index contributed by atoms with van der Waals surface area (Å²) in [7, 11) is 0. The zero-order valence-electron chi connectivity index (χ0n) is 14.7. The number of nitrogens with zero attached hydrogens (tertiary/aromatic N) is 2. The van der Waals surface area contributed by atoms with Crippen molar-refractivity contribution in [1.82, 2.24) is 9.88 Å². The molecule has 3 fully saturated rings. The molecule has 3 aliphatic heterocycles. The van der Waals surface area contributed by atoms with Crippen molar-refractivity contribution in [3.63, 3.8) is 0 Å². The van der Waals surface area contributed by atoms with Crippen LogP contribution in [-0.4, -0.2) is 35.6 Å². The molecule has 1 aromatic heterocycles. The van der Waals surface area contributed by atoms with E-state index >= 15 is 0 Å². The Bertz CT molecular complexity index is 766. The molecular formula is C22H26N2O. The van der Waals surface area contributed by atoms with Crippen LogP contribution in [0.2, 0.25) is 0 Å². The minimum absolute atomic E-state index is 0.0551. The van der Waals surface area contributed by atoms with Gasteiger partial charge >= 0.3 is 0 Å². The molecule has 3 nitrogen and oxygen atoms in total. The van der Waals surface area contributed by atoms with Gasteiger partial charge in [-0.25, -0.2) is 0 Å². The number of aromatic nitrogens is 1. The summed E-state index contributed by atoms with van der Waals surface area (Å²) in [5.41, 5.74) is 2.28. The van der Waals surface area contributed by atoms with Crippen LogP contribution in [-0.2, 0) is 4.74 Å². The summed E-state index contributed by atoms with van der Waals surface area (Å²) in [6, 6.07) is 10.9. The predicted molar refractivity (Wildman–Crippen MR) is 102 cm³/mol. The van der Waals surface area contributed by atoms with Gasteiger partial charge in [0.15, 0.2) is 0 Å². The number of rotatable bonds is 6. The van der Waals surface area contributed by atoms with Gasteiger partial charge in [0.25, 0.3) is 0 Å². The van der Waals surface area contributed by atoms with Crippen LogP contribution in [0.4, 0.5) is 0 Å². The van der Waals surface area contributed by atoms with E-state index in [4.69, 9.17) is 4.74 Å². The van der Waals surface area contributed by atoms with Crippen molar-refractivity contribution < 1.29 is 4.74 Å². The van der Waals surface area contributed by atoms with Crippen LogP contribution < -0.4 is 0 Å². The summed E-state index contributed by atoms with van der Waals surface area (Å²) in [5, 5.41) is 1.20. The summed E-state index contributed by atoms with van der Waals surface area (Å²) in [6.45, 7) is 10.7. The van der Waals surface area contributed by atoms with Gasteiger partial charge in [-0.05, 0) is 48.9 Å². The molecule has 0 N–H and O–H groups in total. The zero-order chi connectivity index (χ0) is 17.2. The maximum absolute atomic E-state index is 6.33. The molecule has 3 heteroatoms. The average Bonchev–Trinajstić information content (AvgIpc) is 2.69. The quantitative estimate of drug-likeness (QED) is 0.733. The van der Waals surface area contributed by atoms with Crippen LogP contribution in [0, 0.1) is 11.8 Å². The largest absolute Gasteiger partial charge is 0.368 e. The third-order valence-electron chi connectivity index (χ3n) is 5.89. The van der Waals surface area contributed by atoms with Gasteiger partial charge in [-0.15, -0.1) is 13.2 Å². The number of ether oxygens (including phenoxy) is 1. The Labute approximate surface area is 150 Å². The Balaban J connectivity index is 1.71. The molecule has 25 heavy (non-hydrogen) atoms. The molecule has 0 radical (unpaired) electrons. The van der Waals surface area contributed by atoms with Crippen LogP contribution in [0.1, 0.15) is 24.5 Å². The highest BCUT2D eigenvalue weighted by atomic mass is 16.5.